The second-order valence-corrected chi connectivity index (χ2v) is 5.67. The molecule has 2 rings (SSSR count). The first-order chi connectivity index (χ1) is 8.97. The molecule has 4 nitrogen and oxygen atoms in total. The molecule has 0 unspecified atom stereocenters. The highest BCUT2D eigenvalue weighted by atomic mass is 79.9. The van der Waals surface area contributed by atoms with Gasteiger partial charge in [-0.1, -0.05) is 27.5 Å². The third-order valence-electron chi connectivity index (χ3n) is 2.15. The van der Waals surface area contributed by atoms with E-state index in [-0.39, 0.29) is 16.5 Å². The molecule has 0 spiro atoms. The number of carbonyl (C=O) groups is 1. The molecule has 0 aliphatic rings. The van der Waals surface area contributed by atoms with Gasteiger partial charge in [-0.15, -0.1) is 0 Å². The van der Waals surface area contributed by atoms with Crippen LogP contribution in [0.15, 0.2) is 39.4 Å². The lowest BCUT2D eigenvalue weighted by Gasteiger charge is -2.08. The van der Waals surface area contributed by atoms with E-state index in [4.69, 9.17) is 21.4 Å². The Morgan fingerprint density at radius 2 is 2.05 bits per heavy atom. The lowest BCUT2D eigenvalue weighted by molar-refractivity contribution is 0.0696. The van der Waals surface area contributed by atoms with Crippen LogP contribution in [0.3, 0.4) is 0 Å². The van der Waals surface area contributed by atoms with E-state index in [0.29, 0.717) is 5.75 Å². The molecule has 0 bridgehead atoms. The quantitative estimate of drug-likeness (QED) is 0.798. The number of aromatic nitrogens is 1. The van der Waals surface area contributed by atoms with Gasteiger partial charge >= 0.3 is 5.97 Å². The fourth-order valence-corrected chi connectivity index (χ4v) is 2.61. The molecule has 98 valence electrons. The van der Waals surface area contributed by atoms with Crippen molar-refractivity contribution in [3.05, 3.63) is 50.0 Å². The fourth-order valence-electron chi connectivity index (χ4n) is 1.28. The van der Waals surface area contributed by atoms with Gasteiger partial charge in [0.15, 0.2) is 0 Å². The van der Waals surface area contributed by atoms with E-state index in [1.807, 2.05) is 6.07 Å². The number of hydrogen-bond acceptors (Lipinski definition) is 3. The number of halogens is 3. The Labute approximate surface area is 130 Å². The van der Waals surface area contributed by atoms with Crippen molar-refractivity contribution in [3.8, 4) is 11.6 Å². The van der Waals surface area contributed by atoms with E-state index in [9.17, 15) is 4.79 Å². The third-order valence-corrected chi connectivity index (χ3v) is 3.54. The van der Waals surface area contributed by atoms with Gasteiger partial charge in [-0.3, -0.25) is 0 Å². The van der Waals surface area contributed by atoms with Crippen molar-refractivity contribution in [2.75, 3.05) is 0 Å². The normalized spacial score (nSPS) is 10.3. The summed E-state index contributed by atoms with van der Waals surface area (Å²) in [5, 5.41) is 8.95. The number of rotatable bonds is 3. The molecule has 0 fully saturated rings. The number of nitrogens with zero attached hydrogens (tertiary/aromatic N) is 1. The Morgan fingerprint density at radius 1 is 1.32 bits per heavy atom. The lowest BCUT2D eigenvalue weighted by Crippen LogP contribution is -1.98. The van der Waals surface area contributed by atoms with Crippen LogP contribution < -0.4 is 4.74 Å². The minimum atomic E-state index is -1.09. The Balaban J connectivity index is 2.31. The van der Waals surface area contributed by atoms with E-state index in [1.165, 1.54) is 12.3 Å². The Hall–Kier alpha value is -1.11. The van der Waals surface area contributed by atoms with Gasteiger partial charge in [-0.05, 0) is 40.2 Å². The first kappa shape index (κ1) is 14.3. The molecule has 0 saturated carbocycles. The molecule has 0 amide bonds. The molecule has 7 heteroatoms. The number of pyridine rings is 1. The molecule has 0 aliphatic heterocycles. The van der Waals surface area contributed by atoms with Crippen molar-refractivity contribution in [1.29, 1.82) is 0 Å². The number of carboxylic acids is 1. The summed E-state index contributed by atoms with van der Waals surface area (Å²) in [4.78, 5) is 14.7. The minimum absolute atomic E-state index is 0.00669. The summed E-state index contributed by atoms with van der Waals surface area (Å²) in [5.41, 5.74) is 0.00669. The zero-order valence-corrected chi connectivity index (χ0v) is 13.2. The molecule has 1 heterocycles. The van der Waals surface area contributed by atoms with Gasteiger partial charge in [0.05, 0.1) is 10.0 Å². The van der Waals surface area contributed by atoms with E-state index in [1.54, 1.807) is 12.1 Å². The topological polar surface area (TPSA) is 59.4 Å². The summed E-state index contributed by atoms with van der Waals surface area (Å²) in [5.74, 6) is -0.416. The van der Waals surface area contributed by atoms with Gasteiger partial charge < -0.3 is 9.84 Å². The highest BCUT2D eigenvalue weighted by Crippen LogP contribution is 2.34. The first-order valence-electron chi connectivity index (χ1n) is 4.99. The summed E-state index contributed by atoms with van der Waals surface area (Å²) in [7, 11) is 0. The van der Waals surface area contributed by atoms with E-state index in [2.05, 4.69) is 36.8 Å². The van der Waals surface area contributed by atoms with Crippen LogP contribution in [0.1, 0.15) is 10.4 Å². The summed E-state index contributed by atoms with van der Waals surface area (Å²) in [6.07, 6.45) is 1.19. The van der Waals surface area contributed by atoms with Crippen LogP contribution in [-0.2, 0) is 0 Å². The molecule has 2 aromatic rings. The molecule has 1 aromatic heterocycles. The van der Waals surface area contributed by atoms with E-state index < -0.39 is 5.97 Å². The third kappa shape index (κ3) is 3.46. The summed E-state index contributed by atoms with van der Waals surface area (Å²) in [6, 6.07) is 6.64. The molecule has 1 aromatic carbocycles. The van der Waals surface area contributed by atoms with Crippen molar-refractivity contribution in [2.24, 2.45) is 0 Å². The van der Waals surface area contributed by atoms with Crippen molar-refractivity contribution in [2.45, 2.75) is 0 Å². The van der Waals surface area contributed by atoms with Crippen LogP contribution in [0.25, 0.3) is 0 Å². The maximum Gasteiger partial charge on any atom is 0.337 e. The van der Waals surface area contributed by atoms with Crippen molar-refractivity contribution in [3.63, 3.8) is 0 Å². The fraction of sp³-hybridized carbons (Fsp3) is 0. The Morgan fingerprint density at radius 3 is 2.63 bits per heavy atom. The van der Waals surface area contributed by atoms with Crippen molar-refractivity contribution < 1.29 is 14.6 Å². The summed E-state index contributed by atoms with van der Waals surface area (Å²) < 4.78 is 7.15. The van der Waals surface area contributed by atoms with Crippen LogP contribution in [0.4, 0.5) is 0 Å². The van der Waals surface area contributed by atoms with E-state index >= 15 is 0 Å². The second-order valence-electron chi connectivity index (χ2n) is 3.49. The smallest absolute Gasteiger partial charge is 0.337 e. The summed E-state index contributed by atoms with van der Waals surface area (Å²) in [6.45, 7) is 0. The number of aromatic carboxylic acids is 1. The molecule has 1 N–H and O–H groups in total. The molecule has 0 saturated heterocycles. The average molecular weight is 407 g/mol. The molecule has 0 atom stereocenters. The van der Waals surface area contributed by atoms with Gasteiger partial charge in [0.25, 0.3) is 0 Å². The zero-order chi connectivity index (χ0) is 14.0. The van der Waals surface area contributed by atoms with Gasteiger partial charge in [0.2, 0.25) is 5.88 Å². The largest absolute Gasteiger partial charge is 0.478 e. The average Bonchev–Trinajstić information content (AvgIpc) is 2.34. The minimum Gasteiger partial charge on any atom is -0.478 e. The number of hydrogen-bond donors (Lipinski definition) is 1. The predicted octanol–water partition coefficient (Wildman–Crippen LogP) is 4.75. The number of carboxylic acid groups (broad SMARTS) is 1. The van der Waals surface area contributed by atoms with Gasteiger partial charge in [0.1, 0.15) is 10.8 Å². The second kappa shape index (κ2) is 5.90. The van der Waals surface area contributed by atoms with Crippen molar-refractivity contribution in [1.82, 2.24) is 4.98 Å². The van der Waals surface area contributed by atoms with Gasteiger partial charge in [-0.25, -0.2) is 9.78 Å². The lowest BCUT2D eigenvalue weighted by atomic mass is 10.3. The predicted molar refractivity (Wildman–Crippen MR) is 78.1 cm³/mol. The van der Waals surface area contributed by atoms with Gasteiger partial charge in [-0.2, -0.15) is 0 Å². The molecule has 0 radical (unpaired) electrons. The highest BCUT2D eigenvalue weighted by molar-refractivity contribution is 9.11. The SMILES string of the molecule is O=C(O)c1cnc(Oc2ccc(Br)cc2Br)c(Cl)c1. The monoisotopic (exact) mass is 405 g/mol. The van der Waals surface area contributed by atoms with Crippen LogP contribution in [0.5, 0.6) is 11.6 Å². The number of benzene rings is 1. The maximum absolute atomic E-state index is 10.8. The van der Waals surface area contributed by atoms with Crippen LogP contribution >= 0.6 is 43.5 Å². The zero-order valence-electron chi connectivity index (χ0n) is 9.23. The highest BCUT2D eigenvalue weighted by Gasteiger charge is 2.11. The van der Waals surface area contributed by atoms with Gasteiger partial charge in [0, 0.05) is 10.7 Å². The molecule has 19 heavy (non-hydrogen) atoms. The molecular formula is C12H6Br2ClNO3. The standard InChI is InChI=1S/C12H6Br2ClNO3/c13-7-1-2-10(8(14)4-7)19-11-9(15)3-6(5-16-11)12(17)18/h1-5H,(H,17,18). The van der Waals surface area contributed by atoms with E-state index in [0.717, 1.165) is 8.95 Å². The van der Waals surface area contributed by atoms with Crippen molar-refractivity contribution >= 4 is 49.4 Å². The maximum atomic E-state index is 10.8. The number of ether oxygens (including phenoxy) is 1. The van der Waals surface area contributed by atoms with Crippen LogP contribution in [-0.4, -0.2) is 16.1 Å². The Kier molecular flexibility index (Phi) is 4.44. The summed E-state index contributed by atoms with van der Waals surface area (Å²) >= 11 is 12.6. The molecule has 0 aliphatic carbocycles. The van der Waals surface area contributed by atoms with Crippen LogP contribution in [0.2, 0.25) is 5.02 Å². The first-order valence-corrected chi connectivity index (χ1v) is 6.95. The van der Waals surface area contributed by atoms with Crippen LogP contribution in [0, 0.1) is 0 Å². The molecular weight excluding hydrogens is 401 g/mol. The Bertz CT molecular complexity index is 649.